The van der Waals surface area contributed by atoms with Crippen molar-refractivity contribution in [3.05, 3.63) is 16.1 Å². The highest BCUT2D eigenvalue weighted by atomic mass is 32.1. The third-order valence-corrected chi connectivity index (χ3v) is 2.11. The Labute approximate surface area is 90.7 Å². The molecule has 0 bridgehead atoms. The van der Waals surface area contributed by atoms with Gasteiger partial charge in [0.15, 0.2) is 5.69 Å². The van der Waals surface area contributed by atoms with Gasteiger partial charge in [0.05, 0.1) is 0 Å². The molecule has 0 fully saturated rings. The molecule has 0 aliphatic heterocycles. The zero-order chi connectivity index (χ0) is 11.6. The van der Waals surface area contributed by atoms with Crippen LogP contribution in [0.15, 0.2) is 5.38 Å². The SMILES string of the molecule is CC(C)(C)OC(=O)c1csc(C(=O)[O-])n1. The number of rotatable bonds is 2. The molecule has 0 aromatic carbocycles. The van der Waals surface area contributed by atoms with E-state index < -0.39 is 17.5 Å². The van der Waals surface area contributed by atoms with Gasteiger partial charge >= 0.3 is 5.97 Å². The van der Waals surface area contributed by atoms with E-state index >= 15 is 0 Å². The summed E-state index contributed by atoms with van der Waals surface area (Å²) in [5.41, 5.74) is -0.628. The fourth-order valence-corrected chi connectivity index (χ4v) is 1.41. The summed E-state index contributed by atoms with van der Waals surface area (Å²) in [6, 6.07) is 0. The lowest BCUT2D eigenvalue weighted by molar-refractivity contribution is -0.255. The molecule has 0 saturated carbocycles. The van der Waals surface area contributed by atoms with Crippen LogP contribution >= 0.6 is 11.3 Å². The normalized spacial score (nSPS) is 11.1. The summed E-state index contributed by atoms with van der Waals surface area (Å²) in [7, 11) is 0. The van der Waals surface area contributed by atoms with E-state index in [4.69, 9.17) is 4.74 Å². The quantitative estimate of drug-likeness (QED) is 0.687. The molecule has 1 heterocycles. The van der Waals surface area contributed by atoms with Crippen molar-refractivity contribution < 1.29 is 19.4 Å². The molecule has 0 amide bonds. The maximum atomic E-state index is 11.4. The molecule has 0 atom stereocenters. The summed E-state index contributed by atoms with van der Waals surface area (Å²) >= 11 is 0.838. The van der Waals surface area contributed by atoms with Gasteiger partial charge in [-0.1, -0.05) is 0 Å². The van der Waals surface area contributed by atoms with Crippen LogP contribution in [0.1, 0.15) is 41.1 Å². The van der Waals surface area contributed by atoms with Crippen LogP contribution in [0.4, 0.5) is 0 Å². The molecule has 0 saturated heterocycles. The van der Waals surface area contributed by atoms with Gasteiger partial charge in [-0.25, -0.2) is 9.78 Å². The second kappa shape index (κ2) is 3.98. The number of thiazole rings is 1. The number of esters is 1. The lowest BCUT2D eigenvalue weighted by atomic mass is 10.2. The van der Waals surface area contributed by atoms with Crippen molar-refractivity contribution >= 4 is 23.3 Å². The van der Waals surface area contributed by atoms with E-state index in [2.05, 4.69) is 4.98 Å². The summed E-state index contributed by atoms with van der Waals surface area (Å²) < 4.78 is 5.01. The summed E-state index contributed by atoms with van der Waals surface area (Å²) in [5.74, 6) is -2.03. The molecule has 0 aliphatic rings. The van der Waals surface area contributed by atoms with Gasteiger partial charge in [-0.3, -0.25) is 0 Å². The standard InChI is InChI=1S/C9H11NO4S/c1-9(2,3)14-8(13)5-4-15-6(10-5)7(11)12/h4H,1-3H3,(H,11,12)/p-1. The minimum absolute atomic E-state index is 0.00544. The van der Waals surface area contributed by atoms with Crippen molar-refractivity contribution in [2.45, 2.75) is 26.4 Å². The summed E-state index contributed by atoms with van der Waals surface area (Å²) in [6.07, 6.45) is 0. The maximum Gasteiger partial charge on any atom is 0.358 e. The van der Waals surface area contributed by atoms with Gasteiger partial charge in [-0.15, -0.1) is 11.3 Å². The Balaban J connectivity index is 2.79. The molecule has 0 aliphatic carbocycles. The van der Waals surface area contributed by atoms with Gasteiger partial charge in [0, 0.05) is 5.38 Å². The van der Waals surface area contributed by atoms with Crippen LogP contribution in [0.2, 0.25) is 0 Å². The molecule has 0 radical (unpaired) electrons. The largest absolute Gasteiger partial charge is 0.542 e. The smallest absolute Gasteiger partial charge is 0.358 e. The average Bonchev–Trinajstić information content (AvgIpc) is 2.47. The first-order valence-electron chi connectivity index (χ1n) is 4.20. The number of nitrogens with zero attached hydrogens (tertiary/aromatic N) is 1. The predicted molar refractivity (Wildman–Crippen MR) is 51.6 cm³/mol. The molecule has 0 N–H and O–H groups in total. The minimum Gasteiger partial charge on any atom is -0.542 e. The van der Waals surface area contributed by atoms with Crippen LogP contribution in [0.5, 0.6) is 0 Å². The van der Waals surface area contributed by atoms with Crippen LogP contribution in [0.25, 0.3) is 0 Å². The molecular weight excluding hydrogens is 218 g/mol. The van der Waals surface area contributed by atoms with Crippen LogP contribution in [0, 0.1) is 0 Å². The third kappa shape index (κ3) is 3.32. The Kier molecular flexibility index (Phi) is 3.09. The molecule has 82 valence electrons. The Morgan fingerprint density at radius 2 is 2.07 bits per heavy atom. The van der Waals surface area contributed by atoms with E-state index in [1.54, 1.807) is 20.8 Å². The zero-order valence-corrected chi connectivity index (χ0v) is 9.38. The first kappa shape index (κ1) is 11.6. The number of carboxylic acid groups (broad SMARTS) is 1. The first-order chi connectivity index (χ1) is 6.79. The maximum absolute atomic E-state index is 11.4. The number of ether oxygens (including phenoxy) is 1. The number of aromatic carboxylic acids is 1. The Morgan fingerprint density at radius 1 is 1.47 bits per heavy atom. The summed E-state index contributed by atoms with van der Waals surface area (Å²) in [4.78, 5) is 25.4. The van der Waals surface area contributed by atoms with E-state index in [1.807, 2.05) is 0 Å². The van der Waals surface area contributed by atoms with Gasteiger partial charge in [0.25, 0.3) is 0 Å². The Hall–Kier alpha value is -1.43. The topological polar surface area (TPSA) is 79.3 Å². The highest BCUT2D eigenvalue weighted by molar-refractivity contribution is 7.11. The molecule has 5 nitrogen and oxygen atoms in total. The fourth-order valence-electron chi connectivity index (χ4n) is 0.792. The van der Waals surface area contributed by atoms with E-state index in [-0.39, 0.29) is 10.7 Å². The van der Waals surface area contributed by atoms with Gasteiger partial charge in [0.1, 0.15) is 16.6 Å². The highest BCUT2D eigenvalue weighted by Crippen LogP contribution is 2.14. The Bertz CT molecular complexity index is 391. The van der Waals surface area contributed by atoms with Crippen molar-refractivity contribution in [2.24, 2.45) is 0 Å². The van der Waals surface area contributed by atoms with Crippen LogP contribution in [-0.2, 0) is 4.74 Å². The Morgan fingerprint density at radius 3 is 2.47 bits per heavy atom. The molecule has 0 unspecified atom stereocenters. The molecule has 6 heteroatoms. The number of hydrogen-bond donors (Lipinski definition) is 0. The lowest BCUT2D eigenvalue weighted by Crippen LogP contribution is -2.25. The van der Waals surface area contributed by atoms with Crippen molar-refractivity contribution in [2.75, 3.05) is 0 Å². The van der Waals surface area contributed by atoms with Crippen molar-refractivity contribution in [1.29, 1.82) is 0 Å². The summed E-state index contributed by atoms with van der Waals surface area (Å²) in [6.45, 7) is 5.16. The predicted octanol–water partition coefficient (Wildman–Crippen LogP) is 0.462. The zero-order valence-electron chi connectivity index (χ0n) is 8.57. The monoisotopic (exact) mass is 228 g/mol. The molecular formula is C9H10NO4S-. The van der Waals surface area contributed by atoms with Crippen molar-refractivity contribution in [3.63, 3.8) is 0 Å². The second-order valence-corrected chi connectivity index (χ2v) is 4.69. The third-order valence-electron chi connectivity index (χ3n) is 1.29. The van der Waals surface area contributed by atoms with Crippen LogP contribution in [-0.4, -0.2) is 22.5 Å². The van der Waals surface area contributed by atoms with Crippen LogP contribution < -0.4 is 5.11 Å². The van der Waals surface area contributed by atoms with E-state index in [9.17, 15) is 14.7 Å². The number of carbonyl (C=O) groups is 2. The second-order valence-electron chi connectivity index (χ2n) is 3.83. The van der Waals surface area contributed by atoms with Gasteiger partial charge in [-0.05, 0) is 20.8 Å². The molecule has 1 aromatic heterocycles. The van der Waals surface area contributed by atoms with Gasteiger partial charge < -0.3 is 14.6 Å². The molecule has 15 heavy (non-hydrogen) atoms. The number of carboxylic acids is 1. The molecule has 1 rings (SSSR count). The highest BCUT2D eigenvalue weighted by Gasteiger charge is 2.20. The number of hydrogen-bond acceptors (Lipinski definition) is 6. The van der Waals surface area contributed by atoms with Gasteiger partial charge in [0.2, 0.25) is 0 Å². The van der Waals surface area contributed by atoms with E-state index in [0.717, 1.165) is 11.3 Å². The lowest BCUT2D eigenvalue weighted by Gasteiger charge is -2.18. The van der Waals surface area contributed by atoms with Crippen molar-refractivity contribution in [1.82, 2.24) is 4.98 Å². The van der Waals surface area contributed by atoms with Crippen LogP contribution in [0.3, 0.4) is 0 Å². The fraction of sp³-hybridized carbons (Fsp3) is 0.444. The van der Waals surface area contributed by atoms with E-state index in [1.165, 1.54) is 5.38 Å². The van der Waals surface area contributed by atoms with Gasteiger partial charge in [-0.2, -0.15) is 0 Å². The van der Waals surface area contributed by atoms with E-state index in [0.29, 0.717) is 0 Å². The molecule has 1 aromatic rings. The minimum atomic E-state index is -1.39. The summed E-state index contributed by atoms with van der Waals surface area (Å²) in [5, 5.41) is 11.5. The number of aromatic nitrogens is 1. The molecule has 0 spiro atoms. The van der Waals surface area contributed by atoms with Crippen molar-refractivity contribution in [3.8, 4) is 0 Å². The average molecular weight is 228 g/mol. The first-order valence-corrected chi connectivity index (χ1v) is 5.08. The number of carbonyl (C=O) groups excluding carboxylic acids is 2.